The second-order valence-electron chi connectivity index (χ2n) is 8.05. The van der Waals surface area contributed by atoms with Crippen molar-refractivity contribution in [1.29, 1.82) is 0 Å². The minimum Gasteiger partial charge on any atom is -0.724 e. The van der Waals surface area contributed by atoms with Gasteiger partial charge in [0.05, 0.1) is 0 Å². The molecular weight excluding hydrogens is 354 g/mol. The quantitative estimate of drug-likeness (QED) is 0.434. The average Bonchev–Trinajstić information content (AvgIpc) is 2.73. The molecule has 0 aromatic heterocycles. The van der Waals surface area contributed by atoms with Gasteiger partial charge in [-0.3, -0.25) is 14.4 Å². The van der Waals surface area contributed by atoms with Crippen molar-refractivity contribution in [3.63, 3.8) is 0 Å². The third kappa shape index (κ3) is 11.1. The van der Waals surface area contributed by atoms with E-state index < -0.39 is 0 Å². The molecule has 3 saturated carbocycles. The summed E-state index contributed by atoms with van der Waals surface area (Å²) in [6, 6.07) is 0. The molecule has 0 atom stereocenters. The third-order valence-corrected chi connectivity index (χ3v) is 6.58. The smallest absolute Gasteiger partial charge is 0.0159 e. The summed E-state index contributed by atoms with van der Waals surface area (Å²) in [5.41, 5.74) is 0. The van der Waals surface area contributed by atoms with Crippen molar-refractivity contribution in [2.24, 2.45) is 23.7 Å². The molecule has 0 aliphatic heterocycles. The highest BCUT2D eigenvalue weighted by molar-refractivity contribution is 5.37. The van der Waals surface area contributed by atoms with Crippen molar-refractivity contribution in [3.05, 3.63) is 16.2 Å². The van der Waals surface area contributed by atoms with Gasteiger partial charge in [0.15, 0.2) is 0 Å². The van der Waals surface area contributed by atoms with Crippen LogP contribution in [0.5, 0.6) is 0 Å². The molecule has 0 unspecified atom stereocenters. The molecule has 0 saturated heterocycles. The van der Waals surface area contributed by atoms with Crippen LogP contribution in [0, 0.1) is 23.7 Å². The summed E-state index contributed by atoms with van der Waals surface area (Å²) in [6.45, 7) is 0. The molecule has 6 heteroatoms. The van der Waals surface area contributed by atoms with Gasteiger partial charge in [0.25, 0.3) is 0 Å². The maximum absolute atomic E-state index is 8.24. The molecule has 0 radical (unpaired) electrons. The molecule has 3 fully saturated rings. The van der Waals surface area contributed by atoms with Gasteiger partial charge in [-0.1, -0.05) is 96.3 Å². The summed E-state index contributed by atoms with van der Waals surface area (Å²) in [6.07, 6.45) is 24.8. The minimum absolute atomic E-state index is 0.500. The topological polar surface area (TPSA) is 118 Å². The van der Waals surface area contributed by atoms with Gasteiger partial charge in [0.2, 0.25) is 0 Å². The molecule has 3 aliphatic rings. The summed E-state index contributed by atoms with van der Waals surface area (Å²) in [7, 11) is 0. The van der Waals surface area contributed by atoms with Gasteiger partial charge < -0.3 is 16.2 Å². The van der Waals surface area contributed by atoms with Gasteiger partial charge in [-0.2, -0.15) is 0 Å². The van der Waals surface area contributed by atoms with E-state index in [1.54, 1.807) is 77.0 Å². The normalized spacial score (nSPS) is 20.5. The largest absolute Gasteiger partial charge is 0.724 e. The van der Waals surface area contributed by atoms with Gasteiger partial charge >= 0.3 is 0 Å². The standard InChI is InChI=1S/C19H34.3CNO/c1-4-10-16(11-5-1)19(17-12-6-2-7-13-17)18-14-8-3-9-15-18;3*2-1-3/h16-19H,1-15H2;;;/q;3*-1. The Hall–Kier alpha value is -1.86. The lowest BCUT2D eigenvalue weighted by molar-refractivity contribution is 0.0673. The first-order chi connectivity index (χ1) is 13.7. The van der Waals surface area contributed by atoms with Crippen molar-refractivity contribution in [1.82, 2.24) is 0 Å². The Morgan fingerprint density at radius 3 is 0.821 bits per heavy atom. The van der Waals surface area contributed by atoms with Crippen LogP contribution >= 0.6 is 0 Å². The highest BCUT2D eigenvalue weighted by Crippen LogP contribution is 2.47. The number of hydrogen-bond donors (Lipinski definition) is 0. The fraction of sp³-hybridized carbons (Fsp3) is 0.864. The van der Waals surface area contributed by atoms with Gasteiger partial charge in [-0.15, -0.1) is 0 Å². The van der Waals surface area contributed by atoms with E-state index in [2.05, 4.69) is 0 Å². The lowest BCUT2D eigenvalue weighted by Gasteiger charge is -2.44. The maximum atomic E-state index is 8.24. The summed E-state index contributed by atoms with van der Waals surface area (Å²) < 4.78 is 0. The number of carbonyl (C=O) groups excluding carboxylic acids is 3. The SMILES string of the molecule is C1CCC(C(C2CCCCC2)C2CCCCC2)CC1.[N-]=C=O.[N-]=C=O.[N-]=C=O. The van der Waals surface area contributed by atoms with Crippen LogP contribution in [0.25, 0.3) is 16.2 Å². The van der Waals surface area contributed by atoms with Crippen LogP contribution in [0.1, 0.15) is 96.3 Å². The zero-order chi connectivity index (χ0) is 21.0. The van der Waals surface area contributed by atoms with Crippen molar-refractivity contribution >= 4 is 18.2 Å². The summed E-state index contributed by atoms with van der Waals surface area (Å²) in [5, 5.41) is 20.3. The second-order valence-corrected chi connectivity index (χ2v) is 8.05. The van der Waals surface area contributed by atoms with Crippen molar-refractivity contribution in [2.75, 3.05) is 0 Å². The van der Waals surface area contributed by atoms with Crippen molar-refractivity contribution < 1.29 is 14.4 Å². The monoisotopic (exact) mass is 388 g/mol. The molecule has 0 aromatic rings. The molecule has 0 spiro atoms. The number of rotatable bonds is 3. The Morgan fingerprint density at radius 2 is 0.643 bits per heavy atom. The molecule has 28 heavy (non-hydrogen) atoms. The van der Waals surface area contributed by atoms with E-state index in [4.69, 9.17) is 30.6 Å². The zero-order valence-electron chi connectivity index (χ0n) is 17.0. The average molecular weight is 389 g/mol. The molecule has 3 rings (SSSR count). The first-order valence-corrected chi connectivity index (χ1v) is 10.7. The Bertz CT molecular complexity index is 402. The molecule has 6 nitrogen and oxygen atoms in total. The van der Waals surface area contributed by atoms with Crippen molar-refractivity contribution in [3.8, 4) is 0 Å². The first kappa shape index (κ1) is 26.1. The molecule has 0 heterocycles. The molecule has 158 valence electrons. The van der Waals surface area contributed by atoms with Crippen LogP contribution in [-0.4, -0.2) is 18.2 Å². The lowest BCUT2D eigenvalue weighted by Crippen LogP contribution is -2.34. The lowest BCUT2D eigenvalue weighted by atomic mass is 9.62. The Kier molecular flexibility index (Phi) is 17.3. The molecule has 3 aliphatic carbocycles. The number of isocyanates is 3. The maximum Gasteiger partial charge on any atom is -0.0159 e. The summed E-state index contributed by atoms with van der Waals surface area (Å²) >= 11 is 0. The number of nitrogens with zero attached hydrogens (tertiary/aromatic N) is 3. The minimum atomic E-state index is 0.500. The third-order valence-electron chi connectivity index (χ3n) is 6.58. The second kappa shape index (κ2) is 18.5. The molecule has 0 bridgehead atoms. The van der Waals surface area contributed by atoms with Gasteiger partial charge in [-0.25, -0.2) is 0 Å². The number of hydrogen-bond acceptors (Lipinski definition) is 3. The van der Waals surface area contributed by atoms with Crippen molar-refractivity contribution in [2.45, 2.75) is 96.3 Å². The molecule has 0 amide bonds. The molecular formula is C22H34N3O3-3. The first-order valence-electron chi connectivity index (χ1n) is 10.7. The highest BCUT2D eigenvalue weighted by atomic mass is 16.1. The molecule has 0 N–H and O–H groups in total. The van der Waals surface area contributed by atoms with Gasteiger partial charge in [-0.05, 0) is 41.9 Å². The van der Waals surface area contributed by atoms with Crippen LogP contribution in [0.15, 0.2) is 0 Å². The summed E-state index contributed by atoms with van der Waals surface area (Å²) in [5.74, 6) is 4.51. The highest BCUT2D eigenvalue weighted by Gasteiger charge is 2.36. The fourth-order valence-corrected chi connectivity index (χ4v) is 5.71. The van der Waals surface area contributed by atoms with E-state index in [1.165, 1.54) is 19.3 Å². The summed E-state index contributed by atoms with van der Waals surface area (Å²) in [4.78, 5) is 24.7. The predicted octanol–water partition coefficient (Wildman–Crippen LogP) is 6.02. The fourth-order valence-electron chi connectivity index (χ4n) is 5.71. The predicted molar refractivity (Wildman–Crippen MR) is 110 cm³/mol. The van der Waals surface area contributed by atoms with Gasteiger partial charge in [0.1, 0.15) is 0 Å². The van der Waals surface area contributed by atoms with Crippen LogP contribution in [0.3, 0.4) is 0 Å². The van der Waals surface area contributed by atoms with E-state index in [-0.39, 0.29) is 0 Å². The van der Waals surface area contributed by atoms with Crippen LogP contribution in [0.4, 0.5) is 0 Å². The molecule has 0 aromatic carbocycles. The van der Waals surface area contributed by atoms with Crippen LogP contribution < -0.4 is 0 Å². The van der Waals surface area contributed by atoms with E-state index in [0.717, 1.165) is 23.7 Å². The zero-order valence-corrected chi connectivity index (χ0v) is 17.0. The Morgan fingerprint density at radius 1 is 0.464 bits per heavy atom. The van der Waals surface area contributed by atoms with E-state index in [1.807, 2.05) is 0 Å². The van der Waals surface area contributed by atoms with E-state index in [0.29, 0.717) is 18.2 Å². The van der Waals surface area contributed by atoms with E-state index >= 15 is 0 Å². The Labute approximate surface area is 169 Å². The Balaban J connectivity index is 0.000000695. The van der Waals surface area contributed by atoms with E-state index in [9.17, 15) is 0 Å². The van der Waals surface area contributed by atoms with Crippen LogP contribution in [-0.2, 0) is 14.4 Å². The van der Waals surface area contributed by atoms with Crippen LogP contribution in [0.2, 0.25) is 0 Å². The van der Waals surface area contributed by atoms with Gasteiger partial charge in [0, 0.05) is 0 Å².